The lowest BCUT2D eigenvalue weighted by Crippen LogP contribution is -2.57. The monoisotopic (exact) mass is 351 g/mol. The lowest BCUT2D eigenvalue weighted by atomic mass is 9.93. The Bertz CT molecular complexity index is 348. The SMILES string of the molecule is CCOC(=O)C(CCSC)(CCSC)NC(=O)OC(C)(C)C. The maximum atomic E-state index is 12.5. The van der Waals surface area contributed by atoms with E-state index in [0.717, 1.165) is 11.5 Å². The predicted octanol–water partition coefficient (Wildman–Crippen LogP) is 3.32. The van der Waals surface area contributed by atoms with E-state index in [4.69, 9.17) is 9.47 Å². The van der Waals surface area contributed by atoms with Crippen molar-refractivity contribution in [3.8, 4) is 0 Å². The highest BCUT2D eigenvalue weighted by Gasteiger charge is 2.41. The molecule has 130 valence electrons. The smallest absolute Gasteiger partial charge is 0.408 e. The summed E-state index contributed by atoms with van der Waals surface area (Å²) in [6.07, 6.45) is 4.40. The van der Waals surface area contributed by atoms with Gasteiger partial charge < -0.3 is 14.8 Å². The number of amides is 1. The summed E-state index contributed by atoms with van der Waals surface area (Å²) >= 11 is 3.26. The Balaban J connectivity index is 5.21. The van der Waals surface area contributed by atoms with Crippen molar-refractivity contribution < 1.29 is 19.1 Å². The molecule has 1 N–H and O–H groups in total. The van der Waals surface area contributed by atoms with Gasteiger partial charge in [0.15, 0.2) is 0 Å². The summed E-state index contributed by atoms with van der Waals surface area (Å²) in [7, 11) is 0. The molecule has 0 saturated heterocycles. The Labute approximate surface area is 142 Å². The Morgan fingerprint density at radius 2 is 1.55 bits per heavy atom. The van der Waals surface area contributed by atoms with Crippen LogP contribution in [0.1, 0.15) is 40.5 Å². The largest absolute Gasteiger partial charge is 0.464 e. The minimum atomic E-state index is -1.02. The molecule has 5 nitrogen and oxygen atoms in total. The van der Waals surface area contributed by atoms with Gasteiger partial charge in [-0.2, -0.15) is 23.5 Å². The van der Waals surface area contributed by atoms with Crippen LogP contribution in [0.25, 0.3) is 0 Å². The van der Waals surface area contributed by atoms with E-state index in [1.165, 1.54) is 0 Å². The summed E-state index contributed by atoms with van der Waals surface area (Å²) in [4.78, 5) is 24.6. The number of alkyl carbamates (subject to hydrolysis) is 1. The van der Waals surface area contributed by atoms with Crippen molar-refractivity contribution in [3.63, 3.8) is 0 Å². The first kappa shape index (κ1) is 21.4. The lowest BCUT2D eigenvalue weighted by molar-refractivity contribution is -0.151. The fourth-order valence-electron chi connectivity index (χ4n) is 1.83. The molecule has 22 heavy (non-hydrogen) atoms. The Kier molecular flexibility index (Phi) is 10.00. The van der Waals surface area contributed by atoms with Gasteiger partial charge in [0, 0.05) is 0 Å². The van der Waals surface area contributed by atoms with Crippen molar-refractivity contribution >= 4 is 35.6 Å². The van der Waals surface area contributed by atoms with Crippen LogP contribution in [0.2, 0.25) is 0 Å². The van der Waals surface area contributed by atoms with Crippen molar-refractivity contribution in [2.24, 2.45) is 0 Å². The number of esters is 1. The van der Waals surface area contributed by atoms with Gasteiger partial charge >= 0.3 is 12.1 Å². The standard InChI is InChI=1S/C15H29NO4S2/c1-7-19-12(17)15(8-10-21-5,9-11-22-6)16-13(18)20-14(2,3)4/h7-11H2,1-6H3,(H,16,18). The number of nitrogens with one attached hydrogen (secondary N) is 1. The van der Waals surface area contributed by atoms with Crippen molar-refractivity contribution in [2.45, 2.75) is 51.7 Å². The number of carbonyl (C=O) groups is 2. The minimum Gasteiger partial charge on any atom is -0.464 e. The summed E-state index contributed by atoms with van der Waals surface area (Å²) in [6, 6.07) is 0. The van der Waals surface area contributed by atoms with E-state index < -0.39 is 17.2 Å². The van der Waals surface area contributed by atoms with Gasteiger partial charge in [0.2, 0.25) is 0 Å². The Morgan fingerprint density at radius 3 is 1.91 bits per heavy atom. The van der Waals surface area contributed by atoms with Gasteiger partial charge in [-0.15, -0.1) is 0 Å². The summed E-state index contributed by atoms with van der Waals surface area (Å²) < 4.78 is 10.5. The maximum Gasteiger partial charge on any atom is 0.408 e. The molecule has 0 bridgehead atoms. The molecule has 1 amide bonds. The number of carbonyl (C=O) groups excluding carboxylic acids is 2. The lowest BCUT2D eigenvalue weighted by Gasteiger charge is -2.33. The molecule has 0 unspecified atom stereocenters. The van der Waals surface area contributed by atoms with E-state index in [0.29, 0.717) is 12.8 Å². The van der Waals surface area contributed by atoms with Gasteiger partial charge in [-0.1, -0.05) is 0 Å². The van der Waals surface area contributed by atoms with Crippen LogP contribution in [0, 0.1) is 0 Å². The van der Waals surface area contributed by atoms with Gasteiger partial charge in [-0.25, -0.2) is 9.59 Å². The molecular formula is C15H29NO4S2. The van der Waals surface area contributed by atoms with Crippen LogP contribution in [0.3, 0.4) is 0 Å². The topological polar surface area (TPSA) is 64.6 Å². The van der Waals surface area contributed by atoms with Crippen LogP contribution in [0.15, 0.2) is 0 Å². The van der Waals surface area contributed by atoms with Gasteiger partial charge in [-0.3, -0.25) is 0 Å². The third-order valence-electron chi connectivity index (χ3n) is 2.87. The van der Waals surface area contributed by atoms with E-state index in [2.05, 4.69) is 5.32 Å². The van der Waals surface area contributed by atoms with E-state index in [1.54, 1.807) is 51.2 Å². The van der Waals surface area contributed by atoms with E-state index in [-0.39, 0.29) is 12.6 Å². The molecule has 0 radical (unpaired) electrons. The molecular weight excluding hydrogens is 322 g/mol. The summed E-state index contributed by atoms with van der Waals surface area (Å²) in [6.45, 7) is 7.43. The van der Waals surface area contributed by atoms with Crippen LogP contribution in [-0.2, 0) is 14.3 Å². The fourth-order valence-corrected chi connectivity index (χ4v) is 2.93. The fraction of sp³-hybridized carbons (Fsp3) is 0.867. The van der Waals surface area contributed by atoms with Crippen LogP contribution < -0.4 is 5.32 Å². The first-order chi connectivity index (χ1) is 10.2. The number of thioether (sulfide) groups is 2. The molecule has 0 rings (SSSR count). The second-order valence-electron chi connectivity index (χ2n) is 5.92. The third kappa shape index (κ3) is 8.17. The second-order valence-corrected chi connectivity index (χ2v) is 7.89. The molecule has 0 aliphatic heterocycles. The summed E-state index contributed by atoms with van der Waals surface area (Å²) in [5.74, 6) is 1.12. The molecule has 0 spiro atoms. The number of ether oxygens (including phenoxy) is 2. The van der Waals surface area contributed by atoms with Gasteiger partial charge in [0.1, 0.15) is 11.1 Å². The zero-order valence-corrected chi connectivity index (χ0v) is 16.1. The second kappa shape index (κ2) is 10.3. The highest BCUT2D eigenvalue weighted by Crippen LogP contribution is 2.23. The molecule has 0 fully saturated rings. The van der Waals surface area contributed by atoms with E-state index in [9.17, 15) is 9.59 Å². The average Bonchev–Trinajstić information content (AvgIpc) is 2.40. The first-order valence-corrected chi connectivity index (χ1v) is 10.2. The van der Waals surface area contributed by atoms with Crippen LogP contribution in [0.5, 0.6) is 0 Å². The van der Waals surface area contributed by atoms with Crippen molar-refractivity contribution in [1.82, 2.24) is 5.32 Å². The van der Waals surface area contributed by atoms with Crippen molar-refractivity contribution in [2.75, 3.05) is 30.6 Å². The Hall–Kier alpha value is -0.560. The third-order valence-corrected chi connectivity index (χ3v) is 4.10. The van der Waals surface area contributed by atoms with Crippen molar-refractivity contribution in [3.05, 3.63) is 0 Å². The molecule has 0 aromatic heterocycles. The molecule has 0 aromatic carbocycles. The molecule has 0 aromatic rings. The molecule has 0 saturated carbocycles. The Morgan fingerprint density at radius 1 is 1.05 bits per heavy atom. The van der Waals surface area contributed by atoms with Gasteiger partial charge in [-0.05, 0) is 64.6 Å². The van der Waals surface area contributed by atoms with Gasteiger partial charge in [0.25, 0.3) is 0 Å². The number of rotatable bonds is 9. The van der Waals surface area contributed by atoms with Crippen LogP contribution >= 0.6 is 23.5 Å². The zero-order valence-electron chi connectivity index (χ0n) is 14.5. The number of hydrogen-bond acceptors (Lipinski definition) is 6. The van der Waals surface area contributed by atoms with Crippen LogP contribution in [0.4, 0.5) is 4.79 Å². The molecule has 0 atom stereocenters. The first-order valence-electron chi connectivity index (χ1n) is 7.37. The normalized spacial score (nSPS) is 11.9. The zero-order chi connectivity index (χ0) is 17.2. The molecule has 0 aliphatic carbocycles. The average molecular weight is 352 g/mol. The predicted molar refractivity (Wildman–Crippen MR) is 94.7 cm³/mol. The highest BCUT2D eigenvalue weighted by atomic mass is 32.2. The minimum absolute atomic E-state index is 0.287. The quantitative estimate of drug-likeness (QED) is 0.643. The summed E-state index contributed by atoms with van der Waals surface area (Å²) in [5.41, 5.74) is -1.63. The van der Waals surface area contributed by atoms with E-state index >= 15 is 0 Å². The van der Waals surface area contributed by atoms with E-state index in [1.807, 2.05) is 12.5 Å². The molecule has 0 aliphatic rings. The molecule has 0 heterocycles. The van der Waals surface area contributed by atoms with Crippen molar-refractivity contribution in [1.29, 1.82) is 0 Å². The molecule has 7 heteroatoms. The van der Waals surface area contributed by atoms with Crippen LogP contribution in [-0.4, -0.2) is 53.8 Å². The maximum absolute atomic E-state index is 12.5. The highest BCUT2D eigenvalue weighted by molar-refractivity contribution is 7.98. The summed E-state index contributed by atoms with van der Waals surface area (Å²) in [5, 5.41) is 2.78. The number of hydrogen-bond donors (Lipinski definition) is 1. The van der Waals surface area contributed by atoms with Gasteiger partial charge in [0.05, 0.1) is 6.61 Å².